The molecular weight excluding hydrogens is 378 g/mol. The fourth-order valence-electron chi connectivity index (χ4n) is 4.09. The molecule has 6 nitrogen and oxygen atoms in total. The van der Waals surface area contributed by atoms with Crippen LogP contribution in [0.15, 0.2) is 54.6 Å². The molecule has 2 aromatic rings. The van der Waals surface area contributed by atoms with Crippen LogP contribution in [0.5, 0.6) is 0 Å². The van der Waals surface area contributed by atoms with Crippen molar-refractivity contribution in [3.05, 3.63) is 60.2 Å². The van der Waals surface area contributed by atoms with Crippen LogP contribution in [0.2, 0.25) is 0 Å². The molecule has 1 aliphatic carbocycles. The quantitative estimate of drug-likeness (QED) is 0.766. The third kappa shape index (κ3) is 4.33. The molecule has 4 rings (SSSR count). The summed E-state index contributed by atoms with van der Waals surface area (Å²) in [5.41, 5.74) is 2.47. The molecule has 0 atom stereocenters. The molecule has 0 aromatic heterocycles. The minimum atomic E-state index is -0.447. The van der Waals surface area contributed by atoms with E-state index in [0.29, 0.717) is 6.54 Å². The van der Waals surface area contributed by atoms with Crippen molar-refractivity contribution in [3.8, 4) is 0 Å². The third-order valence-electron chi connectivity index (χ3n) is 6.02. The second-order valence-electron chi connectivity index (χ2n) is 7.96. The van der Waals surface area contributed by atoms with Crippen LogP contribution in [0.3, 0.4) is 0 Å². The van der Waals surface area contributed by atoms with Gasteiger partial charge in [-0.2, -0.15) is 0 Å². The Kier molecular flexibility index (Phi) is 6.04. The summed E-state index contributed by atoms with van der Waals surface area (Å²) in [5, 5.41) is 2.93. The molecule has 0 radical (unpaired) electrons. The van der Waals surface area contributed by atoms with Gasteiger partial charge in [-0.25, -0.2) is 0 Å². The topological polar surface area (TPSA) is 61.9 Å². The minimum absolute atomic E-state index is 0.0500. The lowest BCUT2D eigenvalue weighted by atomic mass is 9.94. The highest BCUT2D eigenvalue weighted by molar-refractivity contribution is 5.97. The molecule has 0 unspecified atom stereocenters. The summed E-state index contributed by atoms with van der Waals surface area (Å²) >= 11 is 0. The highest BCUT2D eigenvalue weighted by Crippen LogP contribution is 2.49. The number of morpholine rings is 1. The van der Waals surface area contributed by atoms with Crippen LogP contribution in [-0.2, 0) is 19.7 Å². The zero-order valence-electron chi connectivity index (χ0n) is 17.5. The number of nitrogens with one attached hydrogen (secondary N) is 1. The first-order chi connectivity index (χ1) is 14.6. The number of hydrogen-bond donors (Lipinski definition) is 1. The minimum Gasteiger partial charge on any atom is -0.378 e. The number of nitrogens with zero attached hydrogens (tertiary/aromatic N) is 2. The highest BCUT2D eigenvalue weighted by Gasteiger charge is 2.52. The molecular formula is C24H29N3O3. The average Bonchev–Trinajstić information content (AvgIpc) is 3.61. The number of hydrogen-bond acceptors (Lipinski definition) is 4. The van der Waals surface area contributed by atoms with Crippen LogP contribution < -0.4 is 10.2 Å². The fourth-order valence-corrected chi connectivity index (χ4v) is 4.09. The van der Waals surface area contributed by atoms with E-state index in [-0.39, 0.29) is 18.4 Å². The molecule has 1 N–H and O–H groups in total. The molecule has 1 heterocycles. The maximum atomic E-state index is 13.2. The summed E-state index contributed by atoms with van der Waals surface area (Å²) in [6.45, 7) is 5.73. The summed E-state index contributed by atoms with van der Waals surface area (Å²) in [5.74, 6) is -0.123. The number of rotatable bonds is 7. The lowest BCUT2D eigenvalue weighted by molar-refractivity contribution is -0.136. The van der Waals surface area contributed by atoms with E-state index in [2.05, 4.69) is 10.2 Å². The number of ether oxygens (including phenoxy) is 1. The molecule has 6 heteroatoms. The van der Waals surface area contributed by atoms with Crippen LogP contribution in [0.25, 0.3) is 0 Å². The molecule has 2 fully saturated rings. The smallest absolute Gasteiger partial charge is 0.243 e. The van der Waals surface area contributed by atoms with Crippen LogP contribution >= 0.6 is 0 Å². The van der Waals surface area contributed by atoms with Crippen molar-refractivity contribution in [3.63, 3.8) is 0 Å². The molecule has 30 heavy (non-hydrogen) atoms. The summed E-state index contributed by atoms with van der Waals surface area (Å²) < 4.78 is 5.39. The van der Waals surface area contributed by atoms with E-state index >= 15 is 0 Å². The van der Waals surface area contributed by atoms with Gasteiger partial charge in [0.15, 0.2) is 0 Å². The Labute approximate surface area is 177 Å². The summed E-state index contributed by atoms with van der Waals surface area (Å²) in [6.07, 6.45) is 1.69. The van der Waals surface area contributed by atoms with Crippen LogP contribution in [-0.4, -0.2) is 56.1 Å². The van der Waals surface area contributed by atoms with E-state index in [1.165, 1.54) is 0 Å². The highest BCUT2D eigenvalue weighted by atomic mass is 16.5. The van der Waals surface area contributed by atoms with Gasteiger partial charge < -0.3 is 19.9 Å². The molecule has 1 saturated carbocycles. The Bertz CT molecular complexity index is 872. The van der Waals surface area contributed by atoms with Gasteiger partial charge in [-0.3, -0.25) is 9.59 Å². The standard InChI is InChI=1S/C24H29N3O3/c1-2-26(23(29)24(12-13-24)19-6-4-3-5-7-19)18-22(28)25-20-8-10-21(11-9-20)27-14-16-30-17-15-27/h3-11H,2,12-18H2,1H3,(H,25,28). The van der Waals surface area contributed by atoms with Gasteiger partial charge in [-0.1, -0.05) is 30.3 Å². The van der Waals surface area contributed by atoms with E-state index in [9.17, 15) is 9.59 Å². The summed E-state index contributed by atoms with van der Waals surface area (Å²) in [7, 11) is 0. The Morgan fingerprint density at radius 1 is 1.03 bits per heavy atom. The van der Waals surface area contributed by atoms with Crippen LogP contribution in [0.1, 0.15) is 25.3 Å². The number of likely N-dealkylation sites (N-methyl/N-ethyl adjacent to an activating group) is 1. The van der Waals surface area contributed by atoms with Gasteiger partial charge in [0, 0.05) is 31.0 Å². The average molecular weight is 408 g/mol. The number of amides is 2. The van der Waals surface area contributed by atoms with Gasteiger partial charge >= 0.3 is 0 Å². The molecule has 0 bridgehead atoms. The summed E-state index contributed by atoms with van der Waals surface area (Å²) in [6, 6.07) is 17.7. The van der Waals surface area contributed by atoms with Crippen LogP contribution in [0.4, 0.5) is 11.4 Å². The Morgan fingerprint density at radius 3 is 2.30 bits per heavy atom. The van der Waals surface area contributed by atoms with Crippen molar-refractivity contribution < 1.29 is 14.3 Å². The first kappa shape index (κ1) is 20.4. The molecule has 2 aromatic carbocycles. The Morgan fingerprint density at radius 2 is 1.70 bits per heavy atom. The molecule has 158 valence electrons. The lowest BCUT2D eigenvalue weighted by Crippen LogP contribution is -2.43. The molecule has 2 aliphatic rings. The van der Waals surface area contributed by atoms with Gasteiger partial charge in [-0.15, -0.1) is 0 Å². The van der Waals surface area contributed by atoms with E-state index in [4.69, 9.17) is 4.74 Å². The zero-order valence-corrected chi connectivity index (χ0v) is 17.5. The van der Waals surface area contributed by atoms with Gasteiger partial charge in [0.05, 0.1) is 25.2 Å². The molecule has 0 spiro atoms. The second-order valence-corrected chi connectivity index (χ2v) is 7.96. The van der Waals surface area contributed by atoms with Crippen LogP contribution in [0, 0.1) is 0 Å². The Balaban J connectivity index is 1.36. The van der Waals surface area contributed by atoms with Crippen molar-refractivity contribution in [1.82, 2.24) is 4.90 Å². The molecule has 1 saturated heterocycles. The number of benzene rings is 2. The second kappa shape index (κ2) is 8.88. The van der Waals surface area contributed by atoms with Gasteiger partial charge in [0.25, 0.3) is 0 Å². The van der Waals surface area contributed by atoms with Crippen molar-refractivity contribution >= 4 is 23.2 Å². The Hall–Kier alpha value is -2.86. The number of carbonyl (C=O) groups is 2. The summed E-state index contributed by atoms with van der Waals surface area (Å²) in [4.78, 5) is 29.8. The van der Waals surface area contributed by atoms with Crippen molar-refractivity contribution in [2.45, 2.75) is 25.2 Å². The number of anilines is 2. The lowest BCUT2D eigenvalue weighted by Gasteiger charge is -2.29. The van der Waals surface area contributed by atoms with E-state index in [1.54, 1.807) is 4.90 Å². The predicted octanol–water partition coefficient (Wildman–Crippen LogP) is 3.04. The van der Waals surface area contributed by atoms with Crippen molar-refractivity contribution in [2.75, 3.05) is 49.6 Å². The van der Waals surface area contributed by atoms with Gasteiger partial charge in [0.2, 0.25) is 11.8 Å². The number of carbonyl (C=O) groups excluding carboxylic acids is 2. The predicted molar refractivity (Wildman–Crippen MR) is 118 cm³/mol. The molecule has 2 amide bonds. The van der Waals surface area contributed by atoms with Crippen molar-refractivity contribution in [2.24, 2.45) is 0 Å². The van der Waals surface area contributed by atoms with Crippen molar-refractivity contribution in [1.29, 1.82) is 0 Å². The maximum Gasteiger partial charge on any atom is 0.243 e. The fraction of sp³-hybridized carbons (Fsp3) is 0.417. The van der Waals surface area contributed by atoms with E-state index in [0.717, 1.165) is 56.1 Å². The van der Waals surface area contributed by atoms with Gasteiger partial charge in [-0.05, 0) is 49.6 Å². The van der Waals surface area contributed by atoms with E-state index in [1.807, 2.05) is 61.5 Å². The molecule has 1 aliphatic heterocycles. The third-order valence-corrected chi connectivity index (χ3v) is 6.02. The SMILES string of the molecule is CCN(CC(=O)Nc1ccc(N2CCOCC2)cc1)C(=O)C1(c2ccccc2)CC1. The van der Waals surface area contributed by atoms with Gasteiger partial charge in [0.1, 0.15) is 0 Å². The zero-order chi connectivity index (χ0) is 21.0. The monoisotopic (exact) mass is 407 g/mol. The normalized spacial score (nSPS) is 17.3. The first-order valence-electron chi connectivity index (χ1n) is 10.7. The largest absolute Gasteiger partial charge is 0.378 e. The maximum absolute atomic E-state index is 13.2. The first-order valence-corrected chi connectivity index (χ1v) is 10.7. The van der Waals surface area contributed by atoms with E-state index < -0.39 is 5.41 Å².